The fourth-order valence-corrected chi connectivity index (χ4v) is 3.40. The summed E-state index contributed by atoms with van der Waals surface area (Å²) in [5.74, 6) is 1.42. The van der Waals surface area contributed by atoms with Crippen LogP contribution in [0.25, 0.3) is 0 Å². The van der Waals surface area contributed by atoms with Gasteiger partial charge in [0.1, 0.15) is 0 Å². The van der Waals surface area contributed by atoms with Gasteiger partial charge in [0.05, 0.1) is 12.2 Å². The average molecular weight is 446 g/mol. The third kappa shape index (κ3) is 6.70. The molecule has 3 rings (SSSR count). The van der Waals surface area contributed by atoms with E-state index in [1.807, 2.05) is 11.8 Å². The van der Waals surface area contributed by atoms with Gasteiger partial charge in [0, 0.05) is 19.5 Å². The normalized spacial score (nSPS) is 13.8. The summed E-state index contributed by atoms with van der Waals surface area (Å²) in [6, 6.07) is 4.73. The highest BCUT2D eigenvalue weighted by Gasteiger charge is 2.19. The lowest BCUT2D eigenvalue weighted by atomic mass is 10.1. The Kier molecular flexibility index (Phi) is 8.47. The summed E-state index contributed by atoms with van der Waals surface area (Å²) in [5, 5.41) is 3.88. The quantitative estimate of drug-likeness (QED) is 0.513. The molecule has 1 fully saturated rings. The number of likely N-dealkylation sites (tertiary alicyclic amines) is 1. The molecule has 1 saturated heterocycles. The molecule has 1 aliphatic rings. The summed E-state index contributed by atoms with van der Waals surface area (Å²) in [5.41, 5.74) is 0.296. The topological polar surface area (TPSA) is 104 Å². The van der Waals surface area contributed by atoms with Crippen molar-refractivity contribution in [2.75, 3.05) is 26.3 Å². The van der Waals surface area contributed by atoms with E-state index in [0.717, 1.165) is 32.4 Å². The molecule has 0 atom stereocenters. The van der Waals surface area contributed by atoms with E-state index in [0.29, 0.717) is 41.8 Å². The maximum atomic E-state index is 12.5. The summed E-state index contributed by atoms with van der Waals surface area (Å²) in [7, 11) is 0. The summed E-state index contributed by atoms with van der Waals surface area (Å²) < 4.78 is 21.7. The molecular formula is C23H31N3O6. The first-order valence-electron chi connectivity index (χ1n) is 11.1. The minimum Gasteiger partial charge on any atom is -0.490 e. The minimum absolute atomic E-state index is 0.0490. The van der Waals surface area contributed by atoms with Gasteiger partial charge in [-0.05, 0) is 50.3 Å². The molecule has 1 amide bonds. The molecule has 0 radical (unpaired) electrons. The predicted octanol–water partition coefficient (Wildman–Crippen LogP) is 3.42. The molecule has 1 aromatic carbocycles. The molecule has 1 aliphatic heterocycles. The van der Waals surface area contributed by atoms with Crippen LogP contribution >= 0.6 is 0 Å². The summed E-state index contributed by atoms with van der Waals surface area (Å²) >= 11 is 0. The smallest absolute Gasteiger partial charge is 0.338 e. The van der Waals surface area contributed by atoms with Gasteiger partial charge in [-0.25, -0.2) is 4.79 Å². The van der Waals surface area contributed by atoms with Crippen LogP contribution in [0.5, 0.6) is 11.5 Å². The van der Waals surface area contributed by atoms with Gasteiger partial charge in [0.25, 0.3) is 11.8 Å². The Balaban J connectivity index is 1.58. The monoisotopic (exact) mass is 445 g/mol. The lowest BCUT2D eigenvalue weighted by Gasteiger charge is -2.26. The number of carbonyl (C=O) groups excluding carboxylic acids is 2. The molecule has 9 heteroatoms. The molecule has 2 heterocycles. The van der Waals surface area contributed by atoms with Crippen LogP contribution in [0, 0.1) is 5.92 Å². The first kappa shape index (κ1) is 23.6. The van der Waals surface area contributed by atoms with Crippen LogP contribution in [-0.2, 0) is 22.6 Å². The zero-order valence-corrected chi connectivity index (χ0v) is 19.0. The fraction of sp³-hybridized carbons (Fsp3) is 0.565. The predicted molar refractivity (Wildman–Crippen MR) is 115 cm³/mol. The van der Waals surface area contributed by atoms with E-state index in [-0.39, 0.29) is 25.0 Å². The van der Waals surface area contributed by atoms with E-state index < -0.39 is 5.97 Å². The van der Waals surface area contributed by atoms with Crippen molar-refractivity contribution >= 4 is 11.9 Å². The van der Waals surface area contributed by atoms with Crippen LogP contribution in [-0.4, -0.2) is 53.2 Å². The molecular weight excluding hydrogens is 414 g/mol. The molecule has 0 N–H and O–H groups in total. The Morgan fingerprint density at radius 3 is 2.62 bits per heavy atom. The zero-order chi connectivity index (χ0) is 22.9. The molecule has 0 unspecified atom stereocenters. The number of benzene rings is 1. The number of carbonyl (C=O) groups is 2. The number of hydrogen-bond donors (Lipinski definition) is 0. The number of rotatable bonds is 10. The van der Waals surface area contributed by atoms with E-state index in [4.69, 9.17) is 18.7 Å². The Hall–Kier alpha value is -3.10. The van der Waals surface area contributed by atoms with Crippen molar-refractivity contribution < 1.29 is 28.3 Å². The van der Waals surface area contributed by atoms with E-state index in [1.54, 1.807) is 18.2 Å². The molecule has 32 heavy (non-hydrogen) atoms. The zero-order valence-electron chi connectivity index (χ0n) is 19.0. The maximum Gasteiger partial charge on any atom is 0.338 e. The number of amides is 1. The van der Waals surface area contributed by atoms with E-state index in [9.17, 15) is 9.59 Å². The Morgan fingerprint density at radius 1 is 1.12 bits per heavy atom. The molecule has 174 valence electrons. The molecule has 0 aliphatic carbocycles. The fourth-order valence-electron chi connectivity index (χ4n) is 3.40. The molecule has 9 nitrogen and oxygen atoms in total. The molecule has 1 aromatic heterocycles. The van der Waals surface area contributed by atoms with Crippen molar-refractivity contribution in [3.8, 4) is 11.5 Å². The van der Waals surface area contributed by atoms with Gasteiger partial charge < -0.3 is 23.6 Å². The third-order valence-corrected chi connectivity index (χ3v) is 4.97. The second kappa shape index (κ2) is 11.5. The number of ether oxygens (including phenoxy) is 3. The van der Waals surface area contributed by atoms with Crippen LogP contribution in [0.4, 0.5) is 0 Å². The Labute approximate surface area is 188 Å². The van der Waals surface area contributed by atoms with Crippen molar-refractivity contribution in [2.24, 2.45) is 5.92 Å². The first-order chi connectivity index (χ1) is 15.5. The highest BCUT2D eigenvalue weighted by atomic mass is 16.6. The highest BCUT2D eigenvalue weighted by Crippen LogP contribution is 2.29. The van der Waals surface area contributed by atoms with Crippen molar-refractivity contribution in [3.63, 3.8) is 0 Å². The van der Waals surface area contributed by atoms with Gasteiger partial charge in [0.15, 0.2) is 30.5 Å². The molecule has 0 spiro atoms. The number of hydrogen-bond acceptors (Lipinski definition) is 8. The van der Waals surface area contributed by atoms with Gasteiger partial charge in [0.2, 0.25) is 0 Å². The van der Waals surface area contributed by atoms with Crippen molar-refractivity contribution in [2.45, 2.75) is 53.1 Å². The molecule has 0 saturated carbocycles. The van der Waals surface area contributed by atoms with Crippen molar-refractivity contribution in [1.82, 2.24) is 15.0 Å². The Bertz CT molecular complexity index is 905. The van der Waals surface area contributed by atoms with Crippen LogP contribution in [0.3, 0.4) is 0 Å². The third-order valence-electron chi connectivity index (χ3n) is 4.97. The number of piperidine rings is 1. The second-order valence-electron chi connectivity index (χ2n) is 8.10. The van der Waals surface area contributed by atoms with E-state index >= 15 is 0 Å². The highest BCUT2D eigenvalue weighted by molar-refractivity contribution is 5.90. The number of nitrogens with zero attached hydrogens (tertiary/aromatic N) is 3. The van der Waals surface area contributed by atoms with Gasteiger partial charge in [-0.15, -0.1) is 0 Å². The molecule has 2 aromatic rings. The number of aromatic nitrogens is 2. The largest absolute Gasteiger partial charge is 0.490 e. The van der Waals surface area contributed by atoms with Gasteiger partial charge in [-0.2, -0.15) is 4.98 Å². The van der Waals surface area contributed by atoms with Crippen LogP contribution < -0.4 is 9.47 Å². The SMILES string of the molecule is CCOc1cc(C(=O)OCc2nc(CC(C)C)no2)ccc1OCC(=O)N1CCCCC1. The Morgan fingerprint density at radius 2 is 1.91 bits per heavy atom. The molecule has 0 bridgehead atoms. The van der Waals surface area contributed by atoms with Crippen LogP contribution in [0.2, 0.25) is 0 Å². The van der Waals surface area contributed by atoms with Crippen LogP contribution in [0.1, 0.15) is 62.1 Å². The average Bonchev–Trinajstić information content (AvgIpc) is 3.23. The minimum atomic E-state index is -0.550. The number of esters is 1. The first-order valence-corrected chi connectivity index (χ1v) is 11.1. The van der Waals surface area contributed by atoms with Crippen LogP contribution in [0.15, 0.2) is 22.7 Å². The van der Waals surface area contributed by atoms with Crippen molar-refractivity contribution in [3.05, 3.63) is 35.5 Å². The van der Waals surface area contributed by atoms with Gasteiger partial charge >= 0.3 is 5.97 Å². The van der Waals surface area contributed by atoms with E-state index in [2.05, 4.69) is 24.0 Å². The standard InChI is InChI=1S/C23H31N3O6/c1-4-29-19-13-17(23(28)31-14-21-24-20(25-32-21)12-16(2)3)8-9-18(19)30-15-22(27)26-10-6-5-7-11-26/h8-9,13,16H,4-7,10-12,14-15H2,1-3H3. The lowest BCUT2D eigenvalue weighted by molar-refractivity contribution is -0.134. The maximum absolute atomic E-state index is 12.5. The lowest BCUT2D eigenvalue weighted by Crippen LogP contribution is -2.38. The van der Waals surface area contributed by atoms with Gasteiger partial charge in [-0.3, -0.25) is 4.79 Å². The van der Waals surface area contributed by atoms with E-state index in [1.165, 1.54) is 0 Å². The summed E-state index contributed by atoms with van der Waals surface area (Å²) in [4.78, 5) is 30.9. The van der Waals surface area contributed by atoms with Crippen molar-refractivity contribution in [1.29, 1.82) is 0 Å². The summed E-state index contributed by atoms with van der Waals surface area (Å²) in [6.07, 6.45) is 3.89. The second-order valence-corrected chi connectivity index (χ2v) is 8.10. The summed E-state index contributed by atoms with van der Waals surface area (Å²) in [6.45, 7) is 7.68. The van der Waals surface area contributed by atoms with Gasteiger partial charge in [-0.1, -0.05) is 19.0 Å².